The molecule has 0 saturated carbocycles. The lowest BCUT2D eigenvalue weighted by Crippen LogP contribution is -2.49. The third-order valence-corrected chi connectivity index (χ3v) is 5.04. The van der Waals surface area contributed by atoms with Crippen LogP contribution in [0.1, 0.15) is 28.8 Å². The van der Waals surface area contributed by atoms with Crippen molar-refractivity contribution in [2.24, 2.45) is 0 Å². The second-order valence-corrected chi connectivity index (χ2v) is 6.86. The van der Waals surface area contributed by atoms with E-state index in [-0.39, 0.29) is 17.2 Å². The number of H-pyrrole nitrogens is 1. The average molecular weight is 355 g/mol. The van der Waals surface area contributed by atoms with Crippen molar-refractivity contribution in [1.29, 1.82) is 0 Å². The van der Waals surface area contributed by atoms with Crippen LogP contribution in [0.2, 0.25) is 0 Å². The predicted molar refractivity (Wildman–Crippen MR) is 100 cm³/mol. The van der Waals surface area contributed by atoms with E-state index < -0.39 is 5.56 Å². The Labute approximate surface area is 153 Å². The van der Waals surface area contributed by atoms with E-state index in [4.69, 9.17) is 0 Å². The van der Waals surface area contributed by atoms with Gasteiger partial charge in [0.05, 0.1) is 5.56 Å². The van der Waals surface area contributed by atoms with Crippen LogP contribution in [-0.4, -0.2) is 58.5 Å². The van der Waals surface area contributed by atoms with Gasteiger partial charge < -0.3 is 19.9 Å². The van der Waals surface area contributed by atoms with Crippen LogP contribution in [0.25, 0.3) is 0 Å². The number of likely N-dealkylation sites (N-methyl/N-ethyl adjacent to an activating group) is 1. The molecule has 1 fully saturated rings. The van der Waals surface area contributed by atoms with E-state index in [9.17, 15) is 14.7 Å². The van der Waals surface area contributed by atoms with Crippen LogP contribution >= 0.6 is 0 Å². The van der Waals surface area contributed by atoms with Crippen molar-refractivity contribution in [3.8, 4) is 5.75 Å². The van der Waals surface area contributed by atoms with Crippen LogP contribution in [0.4, 0.5) is 0 Å². The summed E-state index contributed by atoms with van der Waals surface area (Å²) < 4.78 is 0. The van der Waals surface area contributed by atoms with E-state index in [1.54, 1.807) is 4.90 Å². The molecule has 0 spiro atoms. The van der Waals surface area contributed by atoms with Crippen LogP contribution in [0, 0.1) is 0 Å². The van der Waals surface area contributed by atoms with Gasteiger partial charge in [-0.05, 0) is 31.9 Å². The number of nitrogens with one attached hydrogen (secondary N) is 1. The molecule has 2 heterocycles. The van der Waals surface area contributed by atoms with Crippen molar-refractivity contribution in [3.63, 3.8) is 0 Å². The Morgan fingerprint density at radius 3 is 2.85 bits per heavy atom. The molecule has 1 aliphatic heterocycles. The number of hydrogen-bond acceptors (Lipinski definition) is 4. The maximum Gasteiger partial charge on any atom is 0.259 e. The minimum atomic E-state index is -0.420. The highest BCUT2D eigenvalue weighted by Gasteiger charge is 2.28. The fourth-order valence-corrected chi connectivity index (χ4v) is 3.43. The van der Waals surface area contributed by atoms with Gasteiger partial charge in [0.1, 0.15) is 5.75 Å². The molecule has 6 heteroatoms. The molecule has 1 saturated heterocycles. The van der Waals surface area contributed by atoms with Crippen molar-refractivity contribution in [3.05, 3.63) is 64.1 Å². The number of aromatic amines is 1. The molecule has 26 heavy (non-hydrogen) atoms. The number of hydrogen-bond donors (Lipinski definition) is 2. The number of amides is 1. The third kappa shape index (κ3) is 4.32. The molecule has 1 aliphatic rings. The quantitative estimate of drug-likeness (QED) is 0.858. The summed E-state index contributed by atoms with van der Waals surface area (Å²) in [5.74, 6) is -0.502. The normalized spacial score (nSPS) is 17.5. The second kappa shape index (κ2) is 8.19. The third-order valence-electron chi connectivity index (χ3n) is 5.04. The number of piperidine rings is 1. The highest BCUT2D eigenvalue weighted by molar-refractivity contribution is 5.96. The Hall–Kier alpha value is -2.60. The van der Waals surface area contributed by atoms with Crippen LogP contribution in [0.5, 0.6) is 5.75 Å². The average Bonchev–Trinajstić information content (AvgIpc) is 2.66. The zero-order chi connectivity index (χ0) is 18.5. The summed E-state index contributed by atoms with van der Waals surface area (Å²) in [6, 6.07) is 11.7. The smallest absolute Gasteiger partial charge is 0.259 e. The SMILES string of the molecule is CN(CCc1ccccc1)C1CCCN(C(=O)c2c[nH]c(=O)cc2O)C1. The lowest BCUT2D eigenvalue weighted by atomic mass is 10.0. The lowest BCUT2D eigenvalue weighted by molar-refractivity contribution is 0.0608. The van der Waals surface area contributed by atoms with Crippen molar-refractivity contribution in [2.75, 3.05) is 26.7 Å². The molecule has 1 unspecified atom stereocenters. The number of carbonyl (C=O) groups is 1. The Balaban J connectivity index is 1.61. The van der Waals surface area contributed by atoms with Gasteiger partial charge in [-0.2, -0.15) is 0 Å². The van der Waals surface area contributed by atoms with Crippen LogP contribution < -0.4 is 5.56 Å². The monoisotopic (exact) mass is 355 g/mol. The van der Waals surface area contributed by atoms with Gasteiger partial charge in [-0.15, -0.1) is 0 Å². The molecule has 138 valence electrons. The number of rotatable bonds is 5. The minimum absolute atomic E-state index is 0.150. The highest BCUT2D eigenvalue weighted by Crippen LogP contribution is 2.20. The number of pyridine rings is 1. The molecule has 2 N–H and O–H groups in total. The lowest BCUT2D eigenvalue weighted by Gasteiger charge is -2.37. The Bertz CT molecular complexity index is 803. The fourth-order valence-electron chi connectivity index (χ4n) is 3.43. The van der Waals surface area contributed by atoms with Crippen LogP contribution in [0.3, 0.4) is 0 Å². The summed E-state index contributed by atoms with van der Waals surface area (Å²) in [6.45, 7) is 2.23. The molecule has 1 aromatic heterocycles. The molecule has 0 bridgehead atoms. The summed E-state index contributed by atoms with van der Waals surface area (Å²) in [5, 5.41) is 9.90. The standard InChI is InChI=1S/C20H25N3O3/c1-22(11-9-15-6-3-2-4-7-15)16-8-5-10-23(14-16)20(26)17-13-21-19(25)12-18(17)24/h2-4,6-7,12-13,16H,5,8-11,14H2,1H3,(H2,21,24,25). The van der Waals surface area contributed by atoms with Gasteiger partial charge in [-0.1, -0.05) is 30.3 Å². The minimum Gasteiger partial charge on any atom is -0.507 e. The molecule has 6 nitrogen and oxygen atoms in total. The summed E-state index contributed by atoms with van der Waals surface area (Å²) in [4.78, 5) is 30.5. The van der Waals surface area contributed by atoms with Gasteiger partial charge in [0, 0.05) is 37.9 Å². The molecular formula is C20H25N3O3. The van der Waals surface area contributed by atoms with Crippen LogP contribution in [0.15, 0.2) is 47.4 Å². The molecule has 1 atom stereocenters. The van der Waals surface area contributed by atoms with Gasteiger partial charge in [-0.25, -0.2) is 0 Å². The van der Waals surface area contributed by atoms with E-state index in [0.29, 0.717) is 19.1 Å². The summed E-state index contributed by atoms with van der Waals surface area (Å²) in [6.07, 6.45) is 4.24. The van der Waals surface area contributed by atoms with Gasteiger partial charge in [0.2, 0.25) is 0 Å². The highest BCUT2D eigenvalue weighted by atomic mass is 16.3. The zero-order valence-electron chi connectivity index (χ0n) is 15.0. The van der Waals surface area contributed by atoms with Crippen LogP contribution in [-0.2, 0) is 6.42 Å². The molecule has 3 rings (SSSR count). The van der Waals surface area contributed by atoms with E-state index in [0.717, 1.165) is 31.9 Å². The van der Waals surface area contributed by atoms with Crippen molar-refractivity contribution >= 4 is 5.91 Å². The van der Waals surface area contributed by atoms with Gasteiger partial charge in [0.15, 0.2) is 0 Å². The Kier molecular flexibility index (Phi) is 5.73. The molecule has 0 aliphatic carbocycles. The van der Waals surface area contributed by atoms with E-state index in [1.165, 1.54) is 11.8 Å². The number of likely N-dealkylation sites (tertiary alicyclic amines) is 1. The summed E-state index contributed by atoms with van der Waals surface area (Å²) >= 11 is 0. The fraction of sp³-hybridized carbons (Fsp3) is 0.400. The van der Waals surface area contributed by atoms with Crippen molar-refractivity contribution in [1.82, 2.24) is 14.8 Å². The maximum atomic E-state index is 12.7. The number of benzene rings is 1. The number of aromatic nitrogens is 1. The van der Waals surface area contributed by atoms with Crippen molar-refractivity contribution in [2.45, 2.75) is 25.3 Å². The van der Waals surface area contributed by atoms with E-state index >= 15 is 0 Å². The molecular weight excluding hydrogens is 330 g/mol. The van der Waals surface area contributed by atoms with Gasteiger partial charge in [-0.3, -0.25) is 9.59 Å². The topological polar surface area (TPSA) is 76.6 Å². The maximum absolute atomic E-state index is 12.7. The zero-order valence-corrected chi connectivity index (χ0v) is 15.0. The predicted octanol–water partition coefficient (Wildman–Crippen LogP) is 1.86. The van der Waals surface area contributed by atoms with E-state index in [2.05, 4.69) is 29.1 Å². The number of carbonyl (C=O) groups excluding carboxylic acids is 1. The first-order valence-corrected chi connectivity index (χ1v) is 8.99. The largest absolute Gasteiger partial charge is 0.507 e. The molecule has 1 amide bonds. The van der Waals surface area contributed by atoms with Gasteiger partial charge in [0.25, 0.3) is 11.5 Å². The first-order chi connectivity index (χ1) is 12.5. The Morgan fingerprint density at radius 1 is 1.35 bits per heavy atom. The number of nitrogens with zero attached hydrogens (tertiary/aromatic N) is 2. The summed E-state index contributed by atoms with van der Waals surface area (Å²) in [5.41, 5.74) is 1.04. The first kappa shape index (κ1) is 18.2. The molecule has 0 radical (unpaired) electrons. The number of aromatic hydroxyl groups is 1. The molecule has 1 aromatic carbocycles. The summed E-state index contributed by atoms with van der Waals surface area (Å²) in [7, 11) is 2.10. The Morgan fingerprint density at radius 2 is 2.12 bits per heavy atom. The first-order valence-electron chi connectivity index (χ1n) is 8.99. The van der Waals surface area contributed by atoms with E-state index in [1.807, 2.05) is 18.2 Å². The van der Waals surface area contributed by atoms with Gasteiger partial charge >= 0.3 is 0 Å². The second-order valence-electron chi connectivity index (χ2n) is 6.86. The van der Waals surface area contributed by atoms with Crippen molar-refractivity contribution < 1.29 is 9.90 Å². The molecule has 2 aromatic rings.